The minimum absolute atomic E-state index is 0. The summed E-state index contributed by atoms with van der Waals surface area (Å²) in [5, 5.41) is 0. The van der Waals surface area contributed by atoms with Gasteiger partial charge in [-0.05, 0) is 117 Å². The zero-order valence-electron chi connectivity index (χ0n) is 23.0. The summed E-state index contributed by atoms with van der Waals surface area (Å²) in [7, 11) is 0. The molecule has 5 heteroatoms. The first-order valence-electron chi connectivity index (χ1n) is 13.9. The number of fused-ring (bicyclic) bond motifs is 1. The van der Waals surface area contributed by atoms with Crippen LogP contribution >= 0.6 is 24.8 Å². The quantitative estimate of drug-likeness (QED) is 0.282. The highest BCUT2D eigenvalue weighted by atomic mass is 35.5. The number of likely N-dealkylation sites (tertiary alicyclic amines) is 1. The largest absolute Gasteiger partial charge is 0.494 e. The monoisotopic (exact) mass is 554 g/mol. The Morgan fingerprint density at radius 2 is 1.37 bits per heavy atom. The first kappa shape index (κ1) is 30.5. The second-order valence-corrected chi connectivity index (χ2v) is 11.0. The van der Waals surface area contributed by atoms with E-state index >= 15 is 0 Å². The lowest BCUT2D eigenvalue weighted by atomic mass is 9.93. The molecular formula is C33H44Cl2N2O. The normalized spacial score (nSPS) is 16.6. The van der Waals surface area contributed by atoms with Crippen molar-refractivity contribution >= 4 is 24.8 Å². The molecule has 206 valence electrons. The highest BCUT2D eigenvalue weighted by molar-refractivity contribution is 5.85. The molecule has 3 nitrogen and oxygen atoms in total. The molecule has 1 fully saturated rings. The standard InChI is InChI=1S/C33H42N2O.2ClH/c1-26-8-3-5-10-30(26)23-34-19-15-28(16-20-34)17-21-36-33-14-13-32-25-35(18-7-12-29(32)22-33)24-31-11-6-4-9-27(31)2;;/h3-6,8-11,13-14,22,28H,7,12,15-21,23-25H2,1-2H3;2*1H. The first-order valence-corrected chi connectivity index (χ1v) is 13.9. The van der Waals surface area contributed by atoms with E-state index in [9.17, 15) is 0 Å². The lowest BCUT2D eigenvalue weighted by Crippen LogP contribution is -2.33. The maximum Gasteiger partial charge on any atom is 0.119 e. The fourth-order valence-electron chi connectivity index (χ4n) is 5.86. The van der Waals surface area contributed by atoms with Crippen LogP contribution in [0.5, 0.6) is 5.75 Å². The van der Waals surface area contributed by atoms with Crippen molar-refractivity contribution in [1.29, 1.82) is 0 Å². The van der Waals surface area contributed by atoms with Crippen LogP contribution in [0.1, 0.15) is 59.1 Å². The van der Waals surface area contributed by atoms with Crippen molar-refractivity contribution in [2.45, 2.75) is 65.6 Å². The van der Waals surface area contributed by atoms with Crippen LogP contribution in [0.3, 0.4) is 0 Å². The molecule has 1 saturated heterocycles. The van der Waals surface area contributed by atoms with Gasteiger partial charge in [-0.1, -0.05) is 54.6 Å². The zero-order valence-corrected chi connectivity index (χ0v) is 24.7. The van der Waals surface area contributed by atoms with E-state index in [2.05, 4.69) is 90.4 Å². The van der Waals surface area contributed by atoms with Crippen molar-refractivity contribution in [2.75, 3.05) is 26.2 Å². The molecule has 3 aromatic carbocycles. The predicted molar refractivity (Wildman–Crippen MR) is 164 cm³/mol. The second-order valence-electron chi connectivity index (χ2n) is 11.0. The molecule has 0 radical (unpaired) electrons. The topological polar surface area (TPSA) is 15.7 Å². The molecule has 0 N–H and O–H groups in total. The molecule has 2 aliphatic heterocycles. The van der Waals surface area contributed by atoms with Gasteiger partial charge in [0.2, 0.25) is 0 Å². The lowest BCUT2D eigenvalue weighted by molar-refractivity contribution is 0.157. The smallest absolute Gasteiger partial charge is 0.119 e. The van der Waals surface area contributed by atoms with Crippen LogP contribution in [-0.2, 0) is 26.1 Å². The van der Waals surface area contributed by atoms with Crippen molar-refractivity contribution in [3.05, 3.63) is 100 Å². The Bertz CT molecular complexity index is 1140. The Morgan fingerprint density at radius 3 is 2.03 bits per heavy atom. The molecule has 2 aliphatic rings. The third-order valence-corrected chi connectivity index (χ3v) is 8.30. The van der Waals surface area contributed by atoms with E-state index < -0.39 is 0 Å². The molecule has 38 heavy (non-hydrogen) atoms. The number of aryl methyl sites for hydroxylation is 3. The van der Waals surface area contributed by atoms with Crippen LogP contribution in [0.4, 0.5) is 0 Å². The molecule has 3 aromatic rings. The molecule has 0 amide bonds. The van der Waals surface area contributed by atoms with Crippen molar-refractivity contribution < 1.29 is 4.74 Å². The van der Waals surface area contributed by atoms with Gasteiger partial charge in [-0.2, -0.15) is 0 Å². The van der Waals surface area contributed by atoms with Gasteiger partial charge >= 0.3 is 0 Å². The summed E-state index contributed by atoms with van der Waals surface area (Å²) in [6, 6.07) is 24.4. The van der Waals surface area contributed by atoms with Crippen LogP contribution in [-0.4, -0.2) is 36.0 Å². The van der Waals surface area contributed by atoms with E-state index in [0.717, 1.165) is 50.9 Å². The highest BCUT2D eigenvalue weighted by Crippen LogP contribution is 2.27. The molecule has 2 heterocycles. The van der Waals surface area contributed by atoms with Crippen molar-refractivity contribution in [1.82, 2.24) is 9.80 Å². The zero-order chi connectivity index (χ0) is 24.7. The molecular weight excluding hydrogens is 511 g/mol. The number of halogens is 2. The third-order valence-electron chi connectivity index (χ3n) is 8.30. The number of rotatable bonds is 8. The number of hydrogen-bond donors (Lipinski definition) is 0. The average Bonchev–Trinajstić information content (AvgIpc) is 3.09. The first-order chi connectivity index (χ1) is 17.6. The van der Waals surface area contributed by atoms with Crippen molar-refractivity contribution in [3.63, 3.8) is 0 Å². The van der Waals surface area contributed by atoms with Gasteiger partial charge in [0, 0.05) is 19.6 Å². The Balaban J connectivity index is 0.00000200. The summed E-state index contributed by atoms with van der Waals surface area (Å²) in [4.78, 5) is 5.22. The Labute approximate surface area is 242 Å². The summed E-state index contributed by atoms with van der Waals surface area (Å²) in [5.74, 6) is 1.84. The number of hydrogen-bond acceptors (Lipinski definition) is 3. The number of nitrogens with zero attached hydrogens (tertiary/aromatic N) is 2. The summed E-state index contributed by atoms with van der Waals surface area (Å²) in [5.41, 5.74) is 8.66. The summed E-state index contributed by atoms with van der Waals surface area (Å²) >= 11 is 0. The van der Waals surface area contributed by atoms with Gasteiger partial charge in [0.25, 0.3) is 0 Å². The number of piperidine rings is 1. The molecule has 0 bridgehead atoms. The molecule has 0 saturated carbocycles. The molecule has 0 atom stereocenters. The van der Waals surface area contributed by atoms with E-state index in [1.807, 2.05) is 0 Å². The number of ether oxygens (including phenoxy) is 1. The van der Waals surface area contributed by atoms with E-state index in [0.29, 0.717) is 0 Å². The van der Waals surface area contributed by atoms with Gasteiger partial charge in [-0.25, -0.2) is 0 Å². The van der Waals surface area contributed by atoms with Crippen LogP contribution in [0.2, 0.25) is 0 Å². The minimum atomic E-state index is 0. The fraction of sp³-hybridized carbons (Fsp3) is 0.455. The maximum atomic E-state index is 6.26. The van der Waals surface area contributed by atoms with Crippen LogP contribution < -0.4 is 4.74 Å². The number of benzene rings is 3. The summed E-state index contributed by atoms with van der Waals surface area (Å²) in [6.07, 6.45) is 6.10. The van der Waals surface area contributed by atoms with E-state index in [-0.39, 0.29) is 24.8 Å². The Morgan fingerprint density at radius 1 is 0.737 bits per heavy atom. The third kappa shape index (κ3) is 8.23. The van der Waals surface area contributed by atoms with Crippen LogP contribution in [0, 0.1) is 19.8 Å². The van der Waals surface area contributed by atoms with Crippen LogP contribution in [0.15, 0.2) is 66.7 Å². The van der Waals surface area contributed by atoms with Gasteiger partial charge in [-0.15, -0.1) is 24.8 Å². The summed E-state index contributed by atoms with van der Waals surface area (Å²) < 4.78 is 6.26. The molecule has 0 unspecified atom stereocenters. The predicted octanol–water partition coefficient (Wildman–Crippen LogP) is 7.78. The summed E-state index contributed by atoms with van der Waals surface area (Å²) in [6.45, 7) is 12.0. The van der Waals surface area contributed by atoms with Gasteiger partial charge in [0.05, 0.1) is 6.61 Å². The maximum absolute atomic E-state index is 6.26. The SMILES string of the molecule is Cc1ccccc1CN1CCC(CCOc2ccc3c(c2)CCCN(Cc2ccccc2C)C3)CC1.Cl.Cl. The van der Waals surface area contributed by atoms with Crippen molar-refractivity contribution in [3.8, 4) is 5.75 Å². The van der Waals surface area contributed by atoms with E-state index in [4.69, 9.17) is 4.74 Å². The Kier molecular flexibility index (Phi) is 12.0. The Hall–Kier alpha value is -2.04. The van der Waals surface area contributed by atoms with Gasteiger partial charge < -0.3 is 4.74 Å². The van der Waals surface area contributed by atoms with E-state index in [1.54, 1.807) is 0 Å². The van der Waals surface area contributed by atoms with Crippen LogP contribution in [0.25, 0.3) is 0 Å². The van der Waals surface area contributed by atoms with E-state index in [1.165, 1.54) is 72.2 Å². The lowest BCUT2D eigenvalue weighted by Gasteiger charge is -2.32. The van der Waals surface area contributed by atoms with Gasteiger partial charge in [0.1, 0.15) is 5.75 Å². The molecule has 0 aliphatic carbocycles. The van der Waals surface area contributed by atoms with Crippen molar-refractivity contribution in [2.24, 2.45) is 5.92 Å². The average molecular weight is 556 g/mol. The molecule has 0 spiro atoms. The fourth-order valence-corrected chi connectivity index (χ4v) is 5.86. The minimum Gasteiger partial charge on any atom is -0.494 e. The highest BCUT2D eigenvalue weighted by Gasteiger charge is 2.20. The molecule has 5 rings (SSSR count). The van der Waals surface area contributed by atoms with Gasteiger partial charge in [0.15, 0.2) is 0 Å². The van der Waals surface area contributed by atoms with Gasteiger partial charge in [-0.3, -0.25) is 9.80 Å². The second kappa shape index (κ2) is 14.9. The molecule has 0 aromatic heterocycles.